The van der Waals surface area contributed by atoms with Crippen molar-refractivity contribution in [3.8, 4) is 5.75 Å². The van der Waals surface area contributed by atoms with Crippen LogP contribution in [0.5, 0.6) is 5.75 Å². The molecular formula is C13H17N5O. The van der Waals surface area contributed by atoms with E-state index in [2.05, 4.69) is 15.3 Å². The SMILES string of the molecule is CNc1cc(N(C)c2cccc(OC)c2)nc(N)n1. The maximum atomic E-state index is 5.69. The van der Waals surface area contributed by atoms with Crippen molar-refractivity contribution < 1.29 is 4.74 Å². The summed E-state index contributed by atoms with van der Waals surface area (Å²) >= 11 is 0. The molecule has 6 nitrogen and oxygen atoms in total. The number of nitrogen functional groups attached to an aromatic ring is 1. The first-order valence-electron chi connectivity index (χ1n) is 5.84. The van der Waals surface area contributed by atoms with Crippen molar-refractivity contribution in [3.63, 3.8) is 0 Å². The number of aromatic nitrogens is 2. The van der Waals surface area contributed by atoms with Gasteiger partial charge in [-0.3, -0.25) is 0 Å². The summed E-state index contributed by atoms with van der Waals surface area (Å²) in [6.45, 7) is 0. The normalized spacial score (nSPS) is 10.1. The highest BCUT2D eigenvalue weighted by atomic mass is 16.5. The van der Waals surface area contributed by atoms with Crippen LogP contribution in [0.25, 0.3) is 0 Å². The van der Waals surface area contributed by atoms with Crippen molar-refractivity contribution in [1.29, 1.82) is 0 Å². The van der Waals surface area contributed by atoms with Crippen LogP contribution in [0.15, 0.2) is 30.3 Å². The zero-order valence-electron chi connectivity index (χ0n) is 11.2. The molecule has 0 amide bonds. The van der Waals surface area contributed by atoms with Gasteiger partial charge in [0.05, 0.1) is 7.11 Å². The molecule has 1 aromatic heterocycles. The number of methoxy groups -OCH3 is 1. The molecule has 0 saturated carbocycles. The highest BCUT2D eigenvalue weighted by molar-refractivity contribution is 5.64. The van der Waals surface area contributed by atoms with Crippen LogP contribution in [-0.2, 0) is 0 Å². The predicted octanol–water partition coefficient (Wildman–Crippen LogP) is 1.88. The zero-order chi connectivity index (χ0) is 13.8. The van der Waals surface area contributed by atoms with Crippen LogP contribution in [0.2, 0.25) is 0 Å². The number of hydrogen-bond acceptors (Lipinski definition) is 6. The number of rotatable bonds is 4. The molecule has 0 aliphatic rings. The molecule has 0 spiro atoms. The summed E-state index contributed by atoms with van der Waals surface area (Å²) in [5.41, 5.74) is 6.65. The molecule has 2 aromatic rings. The van der Waals surface area contributed by atoms with Crippen molar-refractivity contribution in [2.45, 2.75) is 0 Å². The molecule has 0 unspecified atom stereocenters. The topological polar surface area (TPSA) is 76.3 Å². The molecule has 0 aliphatic heterocycles. The number of nitrogens with zero attached hydrogens (tertiary/aromatic N) is 3. The van der Waals surface area contributed by atoms with E-state index >= 15 is 0 Å². The molecule has 0 aliphatic carbocycles. The number of nitrogens with two attached hydrogens (primary N) is 1. The Hall–Kier alpha value is -2.50. The highest BCUT2D eigenvalue weighted by Gasteiger charge is 2.09. The smallest absolute Gasteiger partial charge is 0.223 e. The van der Waals surface area contributed by atoms with Crippen molar-refractivity contribution in [2.24, 2.45) is 0 Å². The Bertz CT molecular complexity index is 573. The van der Waals surface area contributed by atoms with E-state index in [1.54, 1.807) is 14.2 Å². The van der Waals surface area contributed by atoms with E-state index in [9.17, 15) is 0 Å². The van der Waals surface area contributed by atoms with E-state index in [0.717, 1.165) is 11.4 Å². The molecular weight excluding hydrogens is 242 g/mol. The van der Waals surface area contributed by atoms with Crippen LogP contribution in [0.4, 0.5) is 23.3 Å². The average molecular weight is 259 g/mol. The fraction of sp³-hybridized carbons (Fsp3) is 0.231. The van der Waals surface area contributed by atoms with E-state index in [1.807, 2.05) is 42.3 Å². The van der Waals surface area contributed by atoms with Crippen molar-refractivity contribution in [3.05, 3.63) is 30.3 Å². The molecule has 0 atom stereocenters. The van der Waals surface area contributed by atoms with Gasteiger partial charge in [-0.2, -0.15) is 9.97 Å². The van der Waals surface area contributed by atoms with Crippen LogP contribution >= 0.6 is 0 Å². The molecule has 0 fully saturated rings. The summed E-state index contributed by atoms with van der Waals surface area (Å²) in [7, 11) is 5.34. The van der Waals surface area contributed by atoms with Crippen LogP contribution in [-0.4, -0.2) is 31.2 Å². The Labute approximate surface area is 112 Å². The number of hydrogen-bond donors (Lipinski definition) is 2. The second kappa shape index (κ2) is 5.43. The van der Waals surface area contributed by atoms with Gasteiger partial charge in [0.1, 0.15) is 17.4 Å². The Morgan fingerprint density at radius 3 is 2.74 bits per heavy atom. The second-order valence-corrected chi connectivity index (χ2v) is 3.98. The molecule has 1 heterocycles. The van der Waals surface area contributed by atoms with Gasteiger partial charge >= 0.3 is 0 Å². The third-order valence-electron chi connectivity index (χ3n) is 2.77. The van der Waals surface area contributed by atoms with E-state index in [0.29, 0.717) is 11.6 Å². The molecule has 6 heteroatoms. The van der Waals surface area contributed by atoms with Gasteiger partial charge in [0, 0.05) is 31.9 Å². The lowest BCUT2D eigenvalue weighted by molar-refractivity contribution is 0.415. The van der Waals surface area contributed by atoms with Crippen LogP contribution in [0.1, 0.15) is 0 Å². The van der Waals surface area contributed by atoms with Crippen molar-refractivity contribution in [2.75, 3.05) is 37.2 Å². The third-order valence-corrected chi connectivity index (χ3v) is 2.77. The lowest BCUT2D eigenvalue weighted by Gasteiger charge is -2.19. The highest BCUT2D eigenvalue weighted by Crippen LogP contribution is 2.26. The summed E-state index contributed by atoms with van der Waals surface area (Å²) in [5.74, 6) is 2.42. The predicted molar refractivity (Wildman–Crippen MR) is 77.0 cm³/mol. The summed E-state index contributed by atoms with van der Waals surface area (Å²) in [6, 6.07) is 9.55. The van der Waals surface area contributed by atoms with Crippen LogP contribution < -0.4 is 20.7 Å². The fourth-order valence-electron chi connectivity index (χ4n) is 1.70. The van der Waals surface area contributed by atoms with E-state index < -0.39 is 0 Å². The summed E-state index contributed by atoms with van der Waals surface area (Å²) in [4.78, 5) is 10.2. The van der Waals surface area contributed by atoms with Gasteiger partial charge in [0.15, 0.2) is 0 Å². The van der Waals surface area contributed by atoms with Gasteiger partial charge in [0.2, 0.25) is 5.95 Å². The Kier molecular flexibility index (Phi) is 3.70. The average Bonchev–Trinajstić information content (AvgIpc) is 2.45. The maximum absolute atomic E-state index is 5.69. The molecule has 0 bridgehead atoms. The minimum absolute atomic E-state index is 0.233. The number of ether oxygens (including phenoxy) is 1. The molecule has 100 valence electrons. The van der Waals surface area contributed by atoms with Crippen molar-refractivity contribution >= 4 is 23.3 Å². The Morgan fingerprint density at radius 2 is 2.05 bits per heavy atom. The summed E-state index contributed by atoms with van der Waals surface area (Å²) < 4.78 is 5.21. The molecule has 19 heavy (non-hydrogen) atoms. The number of benzene rings is 1. The summed E-state index contributed by atoms with van der Waals surface area (Å²) in [6.07, 6.45) is 0. The van der Waals surface area contributed by atoms with Gasteiger partial charge in [-0.15, -0.1) is 0 Å². The molecule has 2 rings (SSSR count). The zero-order valence-corrected chi connectivity index (χ0v) is 11.2. The van der Waals surface area contributed by atoms with E-state index in [4.69, 9.17) is 10.5 Å². The largest absolute Gasteiger partial charge is 0.497 e. The van der Waals surface area contributed by atoms with Crippen LogP contribution in [0.3, 0.4) is 0 Å². The van der Waals surface area contributed by atoms with E-state index in [1.165, 1.54) is 0 Å². The lowest BCUT2D eigenvalue weighted by atomic mass is 10.3. The molecule has 1 aromatic carbocycles. The van der Waals surface area contributed by atoms with Gasteiger partial charge in [-0.05, 0) is 12.1 Å². The number of nitrogens with one attached hydrogen (secondary N) is 1. The quantitative estimate of drug-likeness (QED) is 0.873. The first kappa shape index (κ1) is 12.9. The summed E-state index contributed by atoms with van der Waals surface area (Å²) in [5, 5.41) is 2.95. The minimum Gasteiger partial charge on any atom is -0.497 e. The van der Waals surface area contributed by atoms with Gasteiger partial charge in [-0.1, -0.05) is 6.07 Å². The van der Waals surface area contributed by atoms with Gasteiger partial charge < -0.3 is 20.7 Å². The standard InChI is InChI=1S/C13H17N5O/c1-15-11-8-12(17-13(14)16-11)18(2)9-5-4-6-10(7-9)19-3/h4-8H,1-3H3,(H3,14,15,16,17). The lowest BCUT2D eigenvalue weighted by Crippen LogP contribution is -2.13. The first-order valence-corrected chi connectivity index (χ1v) is 5.84. The Balaban J connectivity index is 2.37. The molecule has 0 saturated heterocycles. The van der Waals surface area contributed by atoms with E-state index in [-0.39, 0.29) is 5.95 Å². The first-order chi connectivity index (χ1) is 9.13. The maximum Gasteiger partial charge on any atom is 0.223 e. The van der Waals surface area contributed by atoms with Gasteiger partial charge in [-0.25, -0.2) is 0 Å². The molecule has 3 N–H and O–H groups in total. The van der Waals surface area contributed by atoms with Gasteiger partial charge in [0.25, 0.3) is 0 Å². The minimum atomic E-state index is 0.233. The number of anilines is 4. The van der Waals surface area contributed by atoms with Crippen molar-refractivity contribution in [1.82, 2.24) is 9.97 Å². The monoisotopic (exact) mass is 259 g/mol. The fourth-order valence-corrected chi connectivity index (χ4v) is 1.70. The third kappa shape index (κ3) is 2.85. The van der Waals surface area contributed by atoms with Crippen LogP contribution in [0, 0.1) is 0 Å². The second-order valence-electron chi connectivity index (χ2n) is 3.98. The molecule has 0 radical (unpaired) electrons. The Morgan fingerprint density at radius 1 is 1.26 bits per heavy atom.